The third kappa shape index (κ3) is 3.12. The Morgan fingerprint density at radius 3 is 2.90 bits per heavy atom. The van der Waals surface area contributed by atoms with E-state index in [1.807, 2.05) is 25.1 Å². The molecular weight excluding hydrogens is 254 g/mol. The van der Waals surface area contributed by atoms with Gasteiger partial charge in [0.2, 0.25) is 0 Å². The maximum absolute atomic E-state index is 11.7. The smallest absolute Gasteiger partial charge is 0.320 e. The van der Waals surface area contributed by atoms with Crippen LogP contribution >= 0.6 is 0 Å². The monoisotopic (exact) mass is 275 g/mol. The predicted octanol–water partition coefficient (Wildman–Crippen LogP) is 2.02. The molecule has 2 aliphatic rings. The number of fused-ring (bicyclic) bond motifs is 1. The van der Waals surface area contributed by atoms with Crippen molar-refractivity contribution >= 4 is 5.97 Å². The summed E-state index contributed by atoms with van der Waals surface area (Å²) in [4.78, 5) is 13.9. The Morgan fingerprint density at radius 1 is 1.40 bits per heavy atom. The topological polar surface area (TPSA) is 38.8 Å². The molecule has 4 nitrogen and oxygen atoms in total. The lowest BCUT2D eigenvalue weighted by atomic mass is 10.1. The summed E-state index contributed by atoms with van der Waals surface area (Å²) in [5.41, 5.74) is 1.27. The molecule has 1 unspecified atom stereocenters. The summed E-state index contributed by atoms with van der Waals surface area (Å²) in [6.45, 7) is 3.48. The maximum Gasteiger partial charge on any atom is 0.320 e. The lowest BCUT2D eigenvalue weighted by Gasteiger charge is -2.24. The van der Waals surface area contributed by atoms with Crippen molar-refractivity contribution in [1.29, 1.82) is 0 Å². The van der Waals surface area contributed by atoms with Crippen molar-refractivity contribution in [3.8, 4) is 5.75 Å². The van der Waals surface area contributed by atoms with Crippen molar-refractivity contribution in [3.05, 3.63) is 29.8 Å². The highest BCUT2D eigenvalue weighted by Gasteiger charge is 2.34. The maximum atomic E-state index is 11.7. The fraction of sp³-hybridized carbons (Fsp3) is 0.562. The number of para-hydroxylation sites is 1. The molecule has 3 rings (SSSR count). The van der Waals surface area contributed by atoms with Crippen molar-refractivity contribution in [2.24, 2.45) is 0 Å². The summed E-state index contributed by atoms with van der Waals surface area (Å²) in [6.07, 6.45) is 3.45. The number of hydrogen-bond donors (Lipinski definition) is 0. The Bertz CT molecular complexity index is 459. The first-order valence-electron chi connectivity index (χ1n) is 7.40. The fourth-order valence-corrected chi connectivity index (χ4v) is 2.77. The van der Waals surface area contributed by atoms with Crippen LogP contribution in [-0.2, 0) is 16.0 Å². The standard InChI is InChI=1S/C16H21NO3/c1-2-19-16(18)11-17(13-7-8-13)10-14-9-12-5-3-4-6-15(12)20-14/h3-6,13-14H,2,7-11H2,1H3. The van der Waals surface area contributed by atoms with E-state index in [2.05, 4.69) is 11.0 Å². The average molecular weight is 275 g/mol. The second-order valence-corrected chi connectivity index (χ2v) is 5.52. The Morgan fingerprint density at radius 2 is 2.20 bits per heavy atom. The molecule has 1 aliphatic carbocycles. The Kier molecular flexibility index (Phi) is 3.92. The summed E-state index contributed by atoms with van der Waals surface area (Å²) in [7, 11) is 0. The zero-order valence-corrected chi connectivity index (χ0v) is 11.9. The van der Waals surface area contributed by atoms with Crippen LogP contribution in [0, 0.1) is 0 Å². The predicted molar refractivity (Wildman–Crippen MR) is 75.8 cm³/mol. The molecule has 108 valence electrons. The van der Waals surface area contributed by atoms with Gasteiger partial charge in [-0.1, -0.05) is 18.2 Å². The Labute approximate surface area is 119 Å². The third-order valence-corrected chi connectivity index (χ3v) is 3.85. The number of hydrogen-bond acceptors (Lipinski definition) is 4. The molecule has 1 atom stereocenters. The van der Waals surface area contributed by atoms with Crippen molar-refractivity contribution in [1.82, 2.24) is 4.90 Å². The van der Waals surface area contributed by atoms with Crippen LogP contribution in [-0.4, -0.2) is 42.7 Å². The summed E-state index contributed by atoms with van der Waals surface area (Å²) in [5.74, 6) is 0.860. The van der Waals surface area contributed by atoms with E-state index in [9.17, 15) is 4.79 Å². The number of benzene rings is 1. The van der Waals surface area contributed by atoms with Gasteiger partial charge in [0.15, 0.2) is 0 Å². The number of esters is 1. The number of carbonyl (C=O) groups excluding carboxylic acids is 1. The second kappa shape index (κ2) is 5.83. The van der Waals surface area contributed by atoms with Crippen LogP contribution in [0.5, 0.6) is 5.75 Å². The van der Waals surface area contributed by atoms with E-state index in [1.54, 1.807) is 0 Å². The van der Waals surface area contributed by atoms with Crippen LogP contribution in [0.25, 0.3) is 0 Å². The van der Waals surface area contributed by atoms with Crippen LogP contribution in [0.2, 0.25) is 0 Å². The molecule has 1 aliphatic heterocycles. The molecule has 0 N–H and O–H groups in total. The van der Waals surface area contributed by atoms with E-state index in [4.69, 9.17) is 9.47 Å². The third-order valence-electron chi connectivity index (χ3n) is 3.85. The van der Waals surface area contributed by atoms with Crippen LogP contribution < -0.4 is 4.74 Å². The van der Waals surface area contributed by atoms with E-state index < -0.39 is 0 Å². The molecule has 0 aromatic heterocycles. The molecule has 1 fully saturated rings. The van der Waals surface area contributed by atoms with Crippen LogP contribution in [0.15, 0.2) is 24.3 Å². The van der Waals surface area contributed by atoms with Gasteiger partial charge < -0.3 is 9.47 Å². The highest BCUT2D eigenvalue weighted by atomic mass is 16.5. The molecule has 0 radical (unpaired) electrons. The van der Waals surface area contributed by atoms with Crippen molar-refractivity contribution in [2.75, 3.05) is 19.7 Å². The first-order chi connectivity index (χ1) is 9.76. The molecule has 0 spiro atoms. The van der Waals surface area contributed by atoms with Gasteiger partial charge in [0.1, 0.15) is 11.9 Å². The minimum Gasteiger partial charge on any atom is -0.488 e. The number of carbonyl (C=O) groups is 1. The lowest BCUT2D eigenvalue weighted by Crippen LogP contribution is -2.40. The van der Waals surface area contributed by atoms with Gasteiger partial charge in [-0.2, -0.15) is 0 Å². The Hall–Kier alpha value is -1.55. The molecule has 1 heterocycles. The molecule has 1 aromatic rings. The first kappa shape index (κ1) is 13.4. The van der Waals surface area contributed by atoms with Crippen molar-refractivity contribution in [3.63, 3.8) is 0 Å². The van der Waals surface area contributed by atoms with Gasteiger partial charge in [-0.25, -0.2) is 0 Å². The molecule has 0 amide bonds. The van der Waals surface area contributed by atoms with E-state index in [1.165, 1.54) is 18.4 Å². The van der Waals surface area contributed by atoms with E-state index in [-0.39, 0.29) is 12.1 Å². The molecule has 1 aromatic carbocycles. The second-order valence-electron chi connectivity index (χ2n) is 5.52. The van der Waals surface area contributed by atoms with Gasteiger partial charge >= 0.3 is 5.97 Å². The summed E-state index contributed by atoms with van der Waals surface area (Å²) in [5, 5.41) is 0. The van der Waals surface area contributed by atoms with Crippen LogP contribution in [0.4, 0.5) is 0 Å². The quantitative estimate of drug-likeness (QED) is 0.745. The first-order valence-corrected chi connectivity index (χ1v) is 7.40. The highest BCUT2D eigenvalue weighted by Crippen LogP contribution is 2.31. The van der Waals surface area contributed by atoms with Crippen molar-refractivity contribution < 1.29 is 14.3 Å². The van der Waals surface area contributed by atoms with E-state index in [0.717, 1.165) is 18.7 Å². The highest BCUT2D eigenvalue weighted by molar-refractivity contribution is 5.71. The van der Waals surface area contributed by atoms with Gasteiger partial charge in [0.05, 0.1) is 13.2 Å². The molecular formula is C16H21NO3. The fourth-order valence-electron chi connectivity index (χ4n) is 2.77. The molecule has 4 heteroatoms. The van der Waals surface area contributed by atoms with E-state index in [0.29, 0.717) is 19.2 Å². The molecule has 1 saturated carbocycles. The van der Waals surface area contributed by atoms with Gasteiger partial charge in [-0.05, 0) is 31.4 Å². The molecule has 0 bridgehead atoms. The summed E-state index contributed by atoms with van der Waals surface area (Å²) in [6, 6.07) is 8.71. The minimum absolute atomic E-state index is 0.130. The van der Waals surface area contributed by atoms with Gasteiger partial charge in [-0.15, -0.1) is 0 Å². The normalized spacial score (nSPS) is 20.6. The van der Waals surface area contributed by atoms with Gasteiger partial charge in [0.25, 0.3) is 0 Å². The van der Waals surface area contributed by atoms with Gasteiger partial charge in [0, 0.05) is 19.0 Å². The summed E-state index contributed by atoms with van der Waals surface area (Å²) >= 11 is 0. The molecule has 20 heavy (non-hydrogen) atoms. The SMILES string of the molecule is CCOC(=O)CN(CC1Cc2ccccc2O1)C1CC1. The number of nitrogens with zero attached hydrogens (tertiary/aromatic N) is 1. The largest absolute Gasteiger partial charge is 0.488 e. The van der Waals surface area contributed by atoms with Crippen LogP contribution in [0.1, 0.15) is 25.3 Å². The minimum atomic E-state index is -0.130. The summed E-state index contributed by atoms with van der Waals surface area (Å²) < 4.78 is 11.0. The van der Waals surface area contributed by atoms with E-state index >= 15 is 0 Å². The number of ether oxygens (including phenoxy) is 2. The van der Waals surface area contributed by atoms with Gasteiger partial charge in [-0.3, -0.25) is 9.69 Å². The number of rotatable bonds is 6. The van der Waals surface area contributed by atoms with Crippen LogP contribution in [0.3, 0.4) is 0 Å². The Balaban J connectivity index is 1.57. The van der Waals surface area contributed by atoms with Crippen molar-refractivity contribution in [2.45, 2.75) is 38.3 Å². The molecule has 0 saturated heterocycles. The average Bonchev–Trinajstić information content (AvgIpc) is 3.19. The zero-order chi connectivity index (χ0) is 13.9. The lowest BCUT2D eigenvalue weighted by molar-refractivity contribution is -0.144. The zero-order valence-electron chi connectivity index (χ0n) is 11.9.